The number of likely N-dealkylation sites (tertiary alicyclic amines) is 1. The van der Waals surface area contributed by atoms with Gasteiger partial charge in [-0.25, -0.2) is 22.5 Å². The topological polar surface area (TPSA) is 97.3 Å². The van der Waals surface area contributed by atoms with Gasteiger partial charge in [-0.3, -0.25) is 9.78 Å². The fourth-order valence-corrected chi connectivity index (χ4v) is 5.48. The summed E-state index contributed by atoms with van der Waals surface area (Å²) in [6.07, 6.45) is 5.57. The summed E-state index contributed by atoms with van der Waals surface area (Å²) in [6.45, 7) is 0.373. The number of piperidine rings is 1. The lowest BCUT2D eigenvalue weighted by Crippen LogP contribution is -2.42. The molecule has 3 aromatic heterocycles. The molecule has 6 rings (SSSR count). The van der Waals surface area contributed by atoms with Gasteiger partial charge >= 0.3 is 0 Å². The first-order chi connectivity index (χ1) is 22.0. The van der Waals surface area contributed by atoms with Crippen molar-refractivity contribution in [2.24, 2.45) is 0 Å². The Kier molecular flexibility index (Phi) is 8.55. The number of hydrogen-bond donors (Lipinski definition) is 2. The van der Waals surface area contributed by atoms with Crippen LogP contribution < -0.4 is 11.1 Å². The Bertz CT molecular complexity index is 1950. The quantitative estimate of drug-likeness (QED) is 0.110. The highest BCUT2D eigenvalue weighted by molar-refractivity contribution is 7.80. The Balaban J connectivity index is 1.27. The number of carbonyl (C=O) groups is 1. The van der Waals surface area contributed by atoms with Crippen LogP contribution in [0.3, 0.4) is 0 Å². The molecule has 12 heteroatoms. The summed E-state index contributed by atoms with van der Waals surface area (Å²) in [6, 6.07) is 15.4. The molecule has 46 heavy (non-hydrogen) atoms. The number of thiocarbonyl (C=S) groups is 1. The minimum absolute atomic E-state index is 0.0470. The zero-order chi connectivity index (χ0) is 32.4. The molecule has 1 aliphatic heterocycles. The molecule has 0 spiro atoms. The SMILES string of the molecule is Nc1ccc(/C=C/C(=O)NCc2cc3cc(-c4ccc(C(=S)N5CCC(F)(F)CC5)cn4)cc(-c4ccc(F)cc4F)c3o2)cn1. The van der Waals surface area contributed by atoms with Crippen molar-refractivity contribution >= 4 is 46.0 Å². The number of pyridine rings is 2. The lowest BCUT2D eigenvalue weighted by atomic mass is 9.98. The number of halogens is 4. The molecule has 1 saturated heterocycles. The fraction of sp³-hybridized carbons (Fsp3) is 0.176. The summed E-state index contributed by atoms with van der Waals surface area (Å²) in [7, 11) is 0. The van der Waals surface area contributed by atoms with Gasteiger partial charge in [0.15, 0.2) is 0 Å². The number of aromatic nitrogens is 2. The maximum absolute atomic E-state index is 15.0. The summed E-state index contributed by atoms with van der Waals surface area (Å²) in [5, 5.41) is 3.37. The van der Waals surface area contributed by atoms with E-state index >= 15 is 4.39 Å². The lowest BCUT2D eigenvalue weighted by Gasteiger charge is -2.33. The van der Waals surface area contributed by atoms with Crippen LogP contribution >= 0.6 is 12.2 Å². The Morgan fingerprint density at radius 1 is 1.00 bits per heavy atom. The van der Waals surface area contributed by atoms with Gasteiger partial charge in [-0.1, -0.05) is 12.2 Å². The standard InChI is InChI=1S/C34H27F4N5O2S/c35-24-4-5-26(28(36)16-24)27-15-22(29-6-3-21(18-40-29)33(46)43-11-9-34(37,38)10-12-43)13-23-14-25(45-32(23)27)19-42-31(44)8-2-20-1-7-30(39)41-17-20/h1-8,13-18H,9-12,19H2,(H2,39,41)(H,42,44)/b8-2+. The third-order valence-corrected chi connectivity index (χ3v) is 8.14. The smallest absolute Gasteiger partial charge is 0.251 e. The zero-order valence-electron chi connectivity index (χ0n) is 24.3. The summed E-state index contributed by atoms with van der Waals surface area (Å²) in [4.78, 5) is 23.2. The predicted molar refractivity (Wildman–Crippen MR) is 172 cm³/mol. The number of nitrogens with two attached hydrogens (primary N) is 1. The van der Waals surface area contributed by atoms with Crippen LogP contribution in [0.1, 0.15) is 29.7 Å². The van der Waals surface area contributed by atoms with Gasteiger partial charge in [0.1, 0.15) is 33.8 Å². The molecule has 0 atom stereocenters. The Labute approximate surface area is 266 Å². The van der Waals surface area contributed by atoms with E-state index in [-0.39, 0.29) is 43.9 Å². The largest absolute Gasteiger partial charge is 0.459 e. The molecule has 0 saturated carbocycles. The maximum atomic E-state index is 15.0. The van der Waals surface area contributed by atoms with Crippen molar-refractivity contribution in [2.45, 2.75) is 25.3 Å². The van der Waals surface area contributed by atoms with Crippen molar-refractivity contribution in [1.82, 2.24) is 20.2 Å². The molecule has 234 valence electrons. The normalized spacial score (nSPS) is 14.6. The van der Waals surface area contributed by atoms with E-state index in [9.17, 15) is 18.0 Å². The molecule has 7 nitrogen and oxygen atoms in total. The van der Waals surface area contributed by atoms with E-state index in [2.05, 4.69) is 15.3 Å². The van der Waals surface area contributed by atoms with Crippen molar-refractivity contribution < 1.29 is 26.8 Å². The van der Waals surface area contributed by atoms with Crippen molar-refractivity contribution in [1.29, 1.82) is 0 Å². The Hall–Kier alpha value is -5.10. The first kappa shape index (κ1) is 30.9. The number of benzene rings is 2. The highest BCUT2D eigenvalue weighted by Crippen LogP contribution is 2.37. The van der Waals surface area contributed by atoms with E-state index in [1.54, 1.807) is 59.8 Å². The van der Waals surface area contributed by atoms with Crippen molar-refractivity contribution in [3.63, 3.8) is 0 Å². The second-order valence-electron chi connectivity index (χ2n) is 10.9. The van der Waals surface area contributed by atoms with E-state index in [1.165, 1.54) is 12.1 Å². The van der Waals surface area contributed by atoms with Crippen molar-refractivity contribution in [2.75, 3.05) is 18.8 Å². The fourth-order valence-electron chi connectivity index (χ4n) is 5.18. The minimum Gasteiger partial charge on any atom is -0.459 e. The number of hydrogen-bond acceptors (Lipinski definition) is 6. The maximum Gasteiger partial charge on any atom is 0.251 e. The first-order valence-corrected chi connectivity index (χ1v) is 14.8. The number of carbonyl (C=O) groups excluding carboxylic acids is 1. The van der Waals surface area contributed by atoms with E-state index in [1.807, 2.05) is 6.07 Å². The molecule has 0 unspecified atom stereocenters. The van der Waals surface area contributed by atoms with Gasteiger partial charge in [-0.2, -0.15) is 0 Å². The third kappa shape index (κ3) is 6.91. The van der Waals surface area contributed by atoms with Crippen LogP contribution in [0.4, 0.5) is 23.4 Å². The van der Waals surface area contributed by atoms with E-state index < -0.39 is 17.6 Å². The molecule has 1 aliphatic rings. The van der Waals surface area contributed by atoms with Crippen LogP contribution in [0.5, 0.6) is 0 Å². The van der Waals surface area contributed by atoms with Crippen LogP contribution in [-0.2, 0) is 11.3 Å². The van der Waals surface area contributed by atoms with Crippen LogP contribution in [0.25, 0.3) is 39.4 Å². The molecule has 2 aromatic carbocycles. The van der Waals surface area contributed by atoms with Gasteiger partial charge < -0.3 is 20.4 Å². The molecular weight excluding hydrogens is 618 g/mol. The number of rotatable bonds is 7. The molecule has 4 heterocycles. The number of nitrogen functional groups attached to an aromatic ring is 1. The molecule has 0 aliphatic carbocycles. The monoisotopic (exact) mass is 645 g/mol. The van der Waals surface area contributed by atoms with E-state index in [0.717, 1.165) is 12.1 Å². The van der Waals surface area contributed by atoms with Gasteiger partial charge in [0.2, 0.25) is 5.91 Å². The summed E-state index contributed by atoms with van der Waals surface area (Å²) >= 11 is 5.55. The number of furan rings is 1. The Morgan fingerprint density at radius 2 is 1.80 bits per heavy atom. The number of nitrogens with one attached hydrogen (secondary N) is 1. The summed E-state index contributed by atoms with van der Waals surface area (Å²) in [5.41, 5.74) is 8.92. The Morgan fingerprint density at radius 3 is 2.50 bits per heavy atom. The van der Waals surface area contributed by atoms with Crippen molar-refractivity contribution in [3.8, 4) is 22.4 Å². The average molecular weight is 646 g/mol. The summed E-state index contributed by atoms with van der Waals surface area (Å²) in [5.74, 6) is -3.76. The van der Waals surface area contributed by atoms with Gasteiger partial charge in [-0.15, -0.1) is 0 Å². The first-order valence-electron chi connectivity index (χ1n) is 14.4. The molecule has 1 amide bonds. The molecule has 0 radical (unpaired) electrons. The van der Waals surface area contributed by atoms with Gasteiger partial charge in [0, 0.05) is 78.1 Å². The number of alkyl halides is 2. The van der Waals surface area contributed by atoms with Gasteiger partial charge in [0.05, 0.1) is 12.2 Å². The highest BCUT2D eigenvalue weighted by atomic mass is 32.1. The summed E-state index contributed by atoms with van der Waals surface area (Å²) < 4.78 is 62.1. The molecular formula is C34H27F4N5O2S. The second kappa shape index (κ2) is 12.7. The molecule has 3 N–H and O–H groups in total. The number of amides is 1. The van der Waals surface area contributed by atoms with E-state index in [4.69, 9.17) is 22.4 Å². The van der Waals surface area contributed by atoms with Gasteiger partial charge in [0.25, 0.3) is 5.92 Å². The number of fused-ring (bicyclic) bond motifs is 1. The van der Waals surface area contributed by atoms with Crippen LogP contribution in [0.15, 0.2) is 83.6 Å². The number of nitrogens with zero attached hydrogens (tertiary/aromatic N) is 3. The number of anilines is 1. The van der Waals surface area contributed by atoms with Gasteiger partial charge in [-0.05, 0) is 66.2 Å². The average Bonchev–Trinajstić information content (AvgIpc) is 3.46. The molecule has 0 bridgehead atoms. The zero-order valence-corrected chi connectivity index (χ0v) is 25.1. The van der Waals surface area contributed by atoms with Crippen LogP contribution in [-0.4, -0.2) is 44.8 Å². The van der Waals surface area contributed by atoms with Crippen LogP contribution in [0.2, 0.25) is 0 Å². The third-order valence-electron chi connectivity index (χ3n) is 7.65. The van der Waals surface area contributed by atoms with E-state index in [0.29, 0.717) is 55.5 Å². The minimum atomic E-state index is -2.68. The second-order valence-corrected chi connectivity index (χ2v) is 11.3. The van der Waals surface area contributed by atoms with Crippen LogP contribution in [0, 0.1) is 11.6 Å². The highest BCUT2D eigenvalue weighted by Gasteiger charge is 2.34. The van der Waals surface area contributed by atoms with Crippen molar-refractivity contribution in [3.05, 3.63) is 108 Å². The molecule has 5 aromatic rings. The lowest BCUT2D eigenvalue weighted by molar-refractivity contribution is -0.116. The predicted octanol–water partition coefficient (Wildman–Crippen LogP) is 7.15. The molecule has 1 fully saturated rings.